The number of amides is 2. The molecule has 204 valence electrons. The molecule has 1 aliphatic carbocycles. The molecule has 3 aromatic carbocycles. The lowest BCUT2D eigenvalue weighted by molar-refractivity contribution is -0.143. The number of nitrogens with zero attached hydrogens (tertiary/aromatic N) is 1. The predicted octanol–water partition coefficient (Wildman–Crippen LogP) is 5.69. The van der Waals surface area contributed by atoms with E-state index in [9.17, 15) is 15.8 Å². The number of rotatable bonds is 14. The minimum absolute atomic E-state index is 0.214. The first kappa shape index (κ1) is 26.5. The summed E-state index contributed by atoms with van der Waals surface area (Å²) in [5.41, 5.74) is 8.48. The maximum Gasteiger partial charge on any atom is 0.305 e. The molecule has 1 saturated carbocycles. The molecule has 0 radical (unpaired) electrons. The van der Waals surface area contributed by atoms with Gasteiger partial charge in [0.25, 0.3) is 5.91 Å². The molecule has 2 amide bonds. The summed E-state index contributed by atoms with van der Waals surface area (Å²) < 4.78 is 20.3. The van der Waals surface area contributed by atoms with Gasteiger partial charge in [0.2, 0.25) is 5.91 Å². The van der Waals surface area contributed by atoms with Crippen molar-refractivity contribution in [2.24, 2.45) is 5.73 Å². The van der Waals surface area contributed by atoms with E-state index in [0.29, 0.717) is 56.6 Å². The van der Waals surface area contributed by atoms with Gasteiger partial charge >= 0.3 is 5.97 Å². The van der Waals surface area contributed by atoms with Crippen molar-refractivity contribution in [1.29, 1.82) is 0 Å². The van der Waals surface area contributed by atoms with E-state index in [2.05, 4.69) is 0 Å². The Labute approximate surface area is 231 Å². The van der Waals surface area contributed by atoms with Crippen LogP contribution in [0.25, 0.3) is 11.1 Å². The van der Waals surface area contributed by atoms with E-state index < -0.39 is 17.8 Å². The number of ether oxygens (including phenoxy) is 2. The Hall–Kier alpha value is -4.13. The fraction of sp³-hybridized carbons (Fsp3) is 0.344. The average molecular weight is 530 g/mol. The van der Waals surface area contributed by atoms with Gasteiger partial charge in [-0.3, -0.25) is 14.4 Å². The van der Waals surface area contributed by atoms with Gasteiger partial charge in [-0.05, 0) is 68.4 Å². The molecule has 0 heterocycles. The summed E-state index contributed by atoms with van der Waals surface area (Å²) in [5, 5.41) is 0. The Morgan fingerprint density at radius 1 is 0.923 bits per heavy atom. The van der Waals surface area contributed by atoms with Crippen LogP contribution in [0.15, 0.2) is 78.9 Å². The van der Waals surface area contributed by atoms with E-state index in [-0.39, 0.29) is 17.6 Å². The lowest BCUT2D eigenvalue weighted by Gasteiger charge is -2.31. The molecule has 39 heavy (non-hydrogen) atoms. The predicted molar refractivity (Wildman–Crippen MR) is 150 cm³/mol. The monoisotopic (exact) mass is 529 g/mol. The number of nitrogens with two attached hydrogens (primary N) is 1. The zero-order chi connectivity index (χ0) is 28.5. The van der Waals surface area contributed by atoms with Crippen LogP contribution >= 0.6 is 0 Å². The minimum Gasteiger partial charge on any atom is -0.493 e. The molecule has 7 heteroatoms. The van der Waals surface area contributed by atoms with Crippen molar-refractivity contribution in [2.75, 3.05) is 13.2 Å². The molecule has 3 aromatic rings. The zero-order valence-corrected chi connectivity index (χ0v) is 22.3. The average Bonchev–Trinajstić information content (AvgIpc) is 3.81. The van der Waals surface area contributed by atoms with Crippen LogP contribution in [0.5, 0.6) is 5.75 Å². The summed E-state index contributed by atoms with van der Waals surface area (Å²) in [5.74, 6) is -1.25. The topological polar surface area (TPSA) is 98.9 Å². The number of hydrogen-bond acceptors (Lipinski definition) is 5. The summed E-state index contributed by atoms with van der Waals surface area (Å²) >= 11 is 0. The van der Waals surface area contributed by atoms with Gasteiger partial charge in [0.15, 0.2) is 0 Å². The molecule has 1 fully saturated rings. The molecular weight excluding hydrogens is 492 g/mol. The van der Waals surface area contributed by atoms with Gasteiger partial charge in [-0.1, -0.05) is 60.7 Å². The maximum absolute atomic E-state index is 13.9. The fourth-order valence-electron chi connectivity index (χ4n) is 4.49. The van der Waals surface area contributed by atoms with E-state index >= 15 is 0 Å². The minimum atomic E-state index is -2.16. The van der Waals surface area contributed by atoms with Crippen LogP contribution in [0, 0.1) is 0 Å². The smallest absolute Gasteiger partial charge is 0.305 e. The number of benzene rings is 3. The summed E-state index contributed by atoms with van der Waals surface area (Å²) in [6.07, 6.45) is 3.84. The largest absolute Gasteiger partial charge is 0.493 e. The van der Waals surface area contributed by atoms with Crippen molar-refractivity contribution < 1.29 is 25.2 Å². The third-order valence-corrected chi connectivity index (χ3v) is 6.57. The molecule has 0 spiro atoms. The van der Waals surface area contributed by atoms with Gasteiger partial charge in [-0.15, -0.1) is 0 Å². The Morgan fingerprint density at radius 2 is 1.59 bits per heavy atom. The summed E-state index contributed by atoms with van der Waals surface area (Å²) in [6.45, 7) is 2.47. The van der Waals surface area contributed by atoms with Crippen molar-refractivity contribution in [1.82, 2.24) is 4.90 Å². The highest BCUT2D eigenvalue weighted by Crippen LogP contribution is 2.39. The third kappa shape index (κ3) is 7.47. The summed E-state index contributed by atoms with van der Waals surface area (Å²) in [6, 6.07) is 21.3. The van der Waals surface area contributed by atoms with E-state index in [4.69, 9.17) is 15.2 Å². The van der Waals surface area contributed by atoms with Crippen LogP contribution in [0.2, 0.25) is 0 Å². The van der Waals surface area contributed by atoms with Crippen LogP contribution in [0.4, 0.5) is 0 Å². The fourth-order valence-corrected chi connectivity index (χ4v) is 4.49. The number of para-hydroxylation sites is 1. The lowest BCUT2D eigenvalue weighted by Crippen LogP contribution is -2.43. The molecule has 2 N–H and O–H groups in total. The summed E-state index contributed by atoms with van der Waals surface area (Å²) in [7, 11) is 0. The van der Waals surface area contributed by atoms with E-state index in [1.807, 2.05) is 42.5 Å². The van der Waals surface area contributed by atoms with Gasteiger partial charge in [0.05, 0.1) is 14.6 Å². The molecule has 4 rings (SSSR count). The Morgan fingerprint density at radius 3 is 2.26 bits per heavy atom. The number of unbranched alkanes of at least 4 members (excludes halogenated alkanes) is 2. The van der Waals surface area contributed by atoms with E-state index in [1.54, 1.807) is 43.3 Å². The summed E-state index contributed by atoms with van der Waals surface area (Å²) in [4.78, 5) is 39.7. The Balaban J connectivity index is 1.53. The van der Waals surface area contributed by atoms with Gasteiger partial charge < -0.3 is 20.1 Å². The first-order chi connectivity index (χ1) is 19.4. The van der Waals surface area contributed by atoms with Gasteiger partial charge in [-0.2, -0.15) is 0 Å². The van der Waals surface area contributed by atoms with Crippen LogP contribution < -0.4 is 10.5 Å². The van der Waals surface area contributed by atoms with Crippen LogP contribution in [-0.2, 0) is 14.3 Å². The highest BCUT2D eigenvalue weighted by molar-refractivity contribution is 5.98. The van der Waals surface area contributed by atoms with Crippen molar-refractivity contribution >= 4 is 17.8 Å². The van der Waals surface area contributed by atoms with Crippen LogP contribution in [-0.4, -0.2) is 41.9 Å². The molecular formula is C32H36N2O5. The van der Waals surface area contributed by atoms with E-state index in [1.165, 1.54) is 4.90 Å². The number of carbonyl (C=O) groups excluding carboxylic acids is 3. The first-order valence-electron chi connectivity index (χ1n) is 14.0. The van der Waals surface area contributed by atoms with Gasteiger partial charge in [0, 0.05) is 23.6 Å². The molecule has 1 atom stereocenters. The molecule has 0 saturated heterocycles. The van der Waals surface area contributed by atoms with Crippen molar-refractivity contribution in [3.8, 4) is 16.9 Å². The first-order valence-corrected chi connectivity index (χ1v) is 13.5. The number of carbonyl (C=O) groups is 3. The number of hydrogen-bond donors (Lipinski definition) is 1. The van der Waals surface area contributed by atoms with Crippen LogP contribution in [0.1, 0.15) is 68.8 Å². The van der Waals surface area contributed by atoms with Gasteiger partial charge in [-0.25, -0.2) is 0 Å². The van der Waals surface area contributed by atoms with Crippen LogP contribution in [0.3, 0.4) is 0 Å². The zero-order valence-electron chi connectivity index (χ0n) is 23.3. The SMILES string of the molecule is [2H]C(C(N)=O)(c1ccccc1OCCCCCC(=O)OCC)N(C(=O)c1ccc(-c2ccccc2)cc1)C1CC1. The van der Waals surface area contributed by atoms with Gasteiger partial charge in [0.1, 0.15) is 11.8 Å². The molecule has 0 aromatic heterocycles. The molecule has 1 unspecified atom stereocenters. The van der Waals surface area contributed by atoms with Crippen molar-refractivity contribution in [3.05, 3.63) is 90.0 Å². The molecule has 1 aliphatic rings. The van der Waals surface area contributed by atoms with E-state index in [0.717, 1.165) is 17.5 Å². The number of primary amides is 1. The Bertz CT molecular complexity index is 1310. The van der Waals surface area contributed by atoms with Crippen molar-refractivity contribution in [3.63, 3.8) is 0 Å². The second kappa shape index (κ2) is 13.6. The maximum atomic E-state index is 13.9. The quantitative estimate of drug-likeness (QED) is 0.214. The third-order valence-electron chi connectivity index (χ3n) is 6.57. The Kier molecular flexibility index (Phi) is 9.23. The standard InChI is InChI=1S/C32H36N2O5/c1-2-38-29(35)15-7-4-10-22-39-28-14-9-8-13-27(28)30(31(33)36)34(26-20-21-26)32(37)25-18-16-24(17-19-25)23-11-5-3-6-12-23/h3,5-6,8-9,11-14,16-19,26,30H,2,4,7,10,15,20-22H2,1H3,(H2,33,36)/i30D. The molecule has 0 aliphatic heterocycles. The van der Waals surface area contributed by atoms with Crippen molar-refractivity contribution in [2.45, 2.75) is 57.5 Å². The highest BCUT2D eigenvalue weighted by atomic mass is 16.5. The second-order valence-corrected chi connectivity index (χ2v) is 9.52. The molecule has 7 nitrogen and oxygen atoms in total. The number of esters is 1. The lowest BCUT2D eigenvalue weighted by atomic mass is 10.00. The normalized spacial score (nSPS) is 14.5. The highest BCUT2D eigenvalue weighted by Gasteiger charge is 2.42. The second-order valence-electron chi connectivity index (χ2n) is 9.52. The molecule has 0 bridgehead atoms.